The van der Waals surface area contributed by atoms with Crippen LogP contribution in [0.25, 0.3) is 5.70 Å². The lowest BCUT2D eigenvalue weighted by Gasteiger charge is -2.35. The minimum Gasteiger partial charge on any atom is -0.398 e. The van der Waals surface area contributed by atoms with Crippen LogP contribution in [-0.2, 0) is 4.79 Å². The van der Waals surface area contributed by atoms with Crippen LogP contribution >= 0.6 is 0 Å². The fourth-order valence-corrected chi connectivity index (χ4v) is 5.15. The van der Waals surface area contributed by atoms with E-state index in [2.05, 4.69) is 71.4 Å². The highest BCUT2D eigenvalue weighted by atomic mass is 16.2. The number of anilines is 1. The highest BCUT2D eigenvalue weighted by molar-refractivity contribution is 5.78. The van der Waals surface area contributed by atoms with Gasteiger partial charge in [0.1, 0.15) is 0 Å². The summed E-state index contributed by atoms with van der Waals surface area (Å²) in [5.74, 6) is 0.382. The summed E-state index contributed by atoms with van der Waals surface area (Å²) in [7, 11) is 0. The summed E-state index contributed by atoms with van der Waals surface area (Å²) in [4.78, 5) is 17.8. The Morgan fingerprint density at radius 1 is 1.06 bits per heavy atom. The maximum Gasteiger partial charge on any atom is 0.223 e. The van der Waals surface area contributed by atoms with Crippen molar-refractivity contribution >= 4 is 17.3 Å². The van der Waals surface area contributed by atoms with E-state index in [0.29, 0.717) is 6.42 Å². The number of aryl methyl sites for hydroxylation is 2. The molecule has 0 aromatic heterocycles. The number of carbonyl (C=O) groups is 1. The molecular weight excluding hydrogens is 444 g/mol. The smallest absolute Gasteiger partial charge is 0.223 e. The number of nitrogens with two attached hydrogens (primary N) is 1. The van der Waals surface area contributed by atoms with Crippen molar-refractivity contribution in [2.75, 3.05) is 45.0 Å². The number of allylic oxidation sites excluding steroid dienone is 4. The minimum absolute atomic E-state index is 0.129. The van der Waals surface area contributed by atoms with E-state index in [1.165, 1.54) is 11.1 Å². The van der Waals surface area contributed by atoms with Gasteiger partial charge in [-0.1, -0.05) is 55.1 Å². The molecule has 0 radical (unpaired) electrons. The number of carbonyl (C=O) groups excluding carboxylic acids is 1. The monoisotopic (exact) mass is 484 g/mol. The number of nitrogens with one attached hydrogen (secondary N) is 1. The molecule has 1 atom stereocenters. The first-order chi connectivity index (χ1) is 17.4. The van der Waals surface area contributed by atoms with Gasteiger partial charge in [-0.05, 0) is 66.6 Å². The van der Waals surface area contributed by atoms with E-state index in [1.54, 1.807) is 0 Å². The maximum absolute atomic E-state index is 13.3. The van der Waals surface area contributed by atoms with Crippen LogP contribution in [0.4, 0.5) is 5.69 Å². The number of benzene rings is 2. The Morgan fingerprint density at radius 3 is 2.39 bits per heavy atom. The predicted molar refractivity (Wildman–Crippen MR) is 151 cm³/mol. The molecule has 1 amide bonds. The molecule has 1 fully saturated rings. The molecule has 0 bridgehead atoms. The standard InChI is InChI=1S/C31H40N4O/c1-23-20-28(21-24(2)31(23)32)25(3)33-14-15-34-16-18-35(19-17-34)30(36)22-29(26-10-6-4-7-11-26)27-12-8-5-9-13-27/h4,6-8,10-13,20-21,29,33H,3,5,9,14-19,22,32H2,1-2H3. The van der Waals surface area contributed by atoms with Crippen molar-refractivity contribution < 1.29 is 4.79 Å². The third-order valence-corrected chi connectivity index (χ3v) is 7.44. The summed E-state index contributed by atoms with van der Waals surface area (Å²) in [6.07, 6.45) is 9.41. The molecule has 5 nitrogen and oxygen atoms in total. The molecule has 1 heterocycles. The van der Waals surface area contributed by atoms with Gasteiger partial charge < -0.3 is 16.0 Å². The molecule has 1 aliphatic carbocycles. The summed E-state index contributed by atoms with van der Waals surface area (Å²) in [5, 5.41) is 3.46. The number of rotatable bonds is 9. The Balaban J connectivity index is 1.25. The van der Waals surface area contributed by atoms with Gasteiger partial charge >= 0.3 is 0 Å². The second-order valence-electron chi connectivity index (χ2n) is 10.0. The normalized spacial score (nSPS) is 16.9. The molecule has 1 saturated heterocycles. The van der Waals surface area contributed by atoms with Crippen LogP contribution < -0.4 is 11.1 Å². The Kier molecular flexibility index (Phi) is 8.65. The van der Waals surface area contributed by atoms with Crippen molar-refractivity contribution in [1.82, 2.24) is 15.1 Å². The lowest BCUT2D eigenvalue weighted by molar-refractivity contribution is -0.133. The molecule has 36 heavy (non-hydrogen) atoms. The fourth-order valence-electron chi connectivity index (χ4n) is 5.15. The molecule has 1 unspecified atom stereocenters. The molecule has 2 aromatic carbocycles. The molecule has 0 saturated carbocycles. The van der Waals surface area contributed by atoms with E-state index in [-0.39, 0.29) is 11.8 Å². The maximum atomic E-state index is 13.3. The Bertz CT molecular complexity index is 1100. The molecule has 1 aliphatic heterocycles. The summed E-state index contributed by atoms with van der Waals surface area (Å²) < 4.78 is 0. The number of nitrogen functional groups attached to an aromatic ring is 1. The van der Waals surface area contributed by atoms with Gasteiger partial charge in [-0.2, -0.15) is 0 Å². The lowest BCUT2D eigenvalue weighted by atomic mass is 9.85. The molecule has 0 spiro atoms. The van der Waals surface area contributed by atoms with Crippen LogP contribution in [0.1, 0.15) is 47.4 Å². The summed E-state index contributed by atoms with van der Waals surface area (Å²) in [6, 6.07) is 14.6. The molecule has 4 rings (SSSR count). The van der Waals surface area contributed by atoms with Gasteiger partial charge in [0.2, 0.25) is 5.91 Å². The van der Waals surface area contributed by atoms with Gasteiger partial charge in [0.05, 0.1) is 0 Å². The highest BCUT2D eigenvalue weighted by Gasteiger charge is 2.26. The van der Waals surface area contributed by atoms with Gasteiger partial charge in [-0.15, -0.1) is 0 Å². The van der Waals surface area contributed by atoms with Crippen LogP contribution in [0.3, 0.4) is 0 Å². The van der Waals surface area contributed by atoms with Crippen LogP contribution in [0.15, 0.2) is 72.8 Å². The number of hydrogen-bond acceptors (Lipinski definition) is 4. The van der Waals surface area contributed by atoms with Crippen LogP contribution in [0, 0.1) is 13.8 Å². The van der Waals surface area contributed by atoms with Gasteiger partial charge in [-0.3, -0.25) is 9.69 Å². The third-order valence-electron chi connectivity index (χ3n) is 7.44. The molecular formula is C31H40N4O. The first-order valence-electron chi connectivity index (χ1n) is 13.1. The highest BCUT2D eigenvalue weighted by Crippen LogP contribution is 2.32. The number of hydrogen-bond donors (Lipinski definition) is 2. The van der Waals surface area contributed by atoms with Crippen molar-refractivity contribution in [2.24, 2.45) is 0 Å². The number of amides is 1. The summed E-state index contributed by atoms with van der Waals surface area (Å²) in [5.41, 5.74) is 13.6. The topological polar surface area (TPSA) is 61.6 Å². The number of piperazine rings is 1. The van der Waals surface area contributed by atoms with Gasteiger partial charge in [0.25, 0.3) is 0 Å². The molecule has 2 aromatic rings. The average Bonchev–Trinajstić information content (AvgIpc) is 2.91. The lowest BCUT2D eigenvalue weighted by Crippen LogP contribution is -2.50. The van der Waals surface area contributed by atoms with E-state index in [4.69, 9.17) is 5.73 Å². The molecule has 3 N–H and O–H groups in total. The summed E-state index contributed by atoms with van der Waals surface area (Å²) >= 11 is 0. The largest absolute Gasteiger partial charge is 0.398 e. The first kappa shape index (κ1) is 25.8. The van der Waals surface area contributed by atoms with Crippen molar-refractivity contribution in [3.8, 4) is 0 Å². The average molecular weight is 485 g/mol. The SMILES string of the molecule is C=C(NCCN1CCN(C(=O)CC(C2=CCCC=C2)c2ccccc2)CC1)c1cc(C)c(N)c(C)c1. The van der Waals surface area contributed by atoms with Crippen molar-refractivity contribution in [2.45, 2.75) is 39.0 Å². The van der Waals surface area contributed by atoms with Crippen molar-refractivity contribution in [1.29, 1.82) is 0 Å². The molecule has 5 heteroatoms. The first-order valence-corrected chi connectivity index (χ1v) is 13.1. The summed E-state index contributed by atoms with van der Waals surface area (Å²) in [6.45, 7) is 13.4. The zero-order valence-electron chi connectivity index (χ0n) is 21.8. The second kappa shape index (κ2) is 12.1. The number of nitrogens with zero attached hydrogens (tertiary/aromatic N) is 2. The molecule has 2 aliphatic rings. The Hall–Kier alpha value is -3.31. The van der Waals surface area contributed by atoms with Gasteiger partial charge in [0, 0.05) is 63.0 Å². The second-order valence-corrected chi connectivity index (χ2v) is 10.0. The van der Waals surface area contributed by atoms with E-state index in [9.17, 15) is 4.79 Å². The zero-order chi connectivity index (χ0) is 25.5. The minimum atomic E-state index is 0.129. The van der Waals surface area contributed by atoms with Crippen LogP contribution in [0.2, 0.25) is 0 Å². The predicted octanol–water partition coefficient (Wildman–Crippen LogP) is 5.04. The van der Waals surface area contributed by atoms with Crippen LogP contribution in [0.5, 0.6) is 0 Å². The van der Waals surface area contributed by atoms with Gasteiger partial charge in [0.15, 0.2) is 0 Å². The zero-order valence-corrected chi connectivity index (χ0v) is 21.8. The Labute approximate surface area is 216 Å². The van der Waals surface area contributed by atoms with E-state index in [0.717, 1.165) is 80.2 Å². The van der Waals surface area contributed by atoms with E-state index >= 15 is 0 Å². The van der Waals surface area contributed by atoms with Crippen LogP contribution in [-0.4, -0.2) is 55.0 Å². The Morgan fingerprint density at radius 2 is 1.75 bits per heavy atom. The van der Waals surface area contributed by atoms with Crippen molar-refractivity contribution in [3.05, 3.63) is 95.1 Å². The third kappa shape index (κ3) is 6.46. The van der Waals surface area contributed by atoms with Gasteiger partial charge in [-0.25, -0.2) is 0 Å². The van der Waals surface area contributed by atoms with Crippen molar-refractivity contribution in [3.63, 3.8) is 0 Å². The van der Waals surface area contributed by atoms with E-state index < -0.39 is 0 Å². The van der Waals surface area contributed by atoms with E-state index in [1.807, 2.05) is 24.8 Å². The molecule has 190 valence electrons. The quantitative estimate of drug-likeness (QED) is 0.490. The fraction of sp³-hybridized carbons (Fsp3) is 0.387.